The second-order valence-electron chi connectivity index (χ2n) is 12.0. The molecule has 3 heterocycles. The van der Waals surface area contributed by atoms with E-state index in [4.69, 9.17) is 4.98 Å². The van der Waals surface area contributed by atoms with Crippen molar-refractivity contribution < 1.29 is 9.90 Å². The summed E-state index contributed by atoms with van der Waals surface area (Å²) in [5.74, 6) is 1.46. The van der Waals surface area contributed by atoms with Crippen LogP contribution in [0, 0.1) is 11.3 Å². The van der Waals surface area contributed by atoms with Crippen molar-refractivity contribution in [2.75, 3.05) is 22.1 Å². The lowest BCUT2D eigenvalue weighted by atomic mass is 9.80. The number of carbonyl (C=O) groups excluding carboxylic acids is 1. The third-order valence-electron chi connectivity index (χ3n) is 8.71. The van der Waals surface area contributed by atoms with Gasteiger partial charge < -0.3 is 21.1 Å². The number of urea groups is 1. The van der Waals surface area contributed by atoms with Gasteiger partial charge in [-0.3, -0.25) is 9.58 Å². The first-order valence-electron chi connectivity index (χ1n) is 15.5. The number of anilines is 3. The summed E-state index contributed by atoms with van der Waals surface area (Å²) in [7, 11) is 1.87. The van der Waals surface area contributed by atoms with Crippen molar-refractivity contribution in [1.82, 2.24) is 30.0 Å². The summed E-state index contributed by atoms with van der Waals surface area (Å²) in [6.45, 7) is 0.771. The van der Waals surface area contributed by atoms with Crippen LogP contribution in [0.5, 0.6) is 0 Å². The number of amides is 2. The fourth-order valence-electron chi connectivity index (χ4n) is 5.92. The van der Waals surface area contributed by atoms with Crippen LogP contribution in [0.2, 0.25) is 0 Å². The molecule has 2 amide bonds. The van der Waals surface area contributed by atoms with E-state index in [9.17, 15) is 15.2 Å². The zero-order valence-corrected chi connectivity index (χ0v) is 25.4. The highest BCUT2D eigenvalue weighted by Gasteiger charge is 2.34. The highest BCUT2D eigenvalue weighted by Crippen LogP contribution is 2.32. The van der Waals surface area contributed by atoms with E-state index in [0.717, 1.165) is 61.6 Å². The van der Waals surface area contributed by atoms with Crippen LogP contribution in [0.15, 0.2) is 67.3 Å². The lowest BCUT2D eigenvalue weighted by Crippen LogP contribution is -2.49. The average molecular weight is 607 g/mol. The standard InChI is InChI=1S/C33H38N10O2/c1-42-21-26(20-39-42)24-8-13-29(35-18-24)43(32(44)37-17-23-6-3-2-4-7-23)28-11-9-27(10-12-28)40-31-36-19-25(16-34)30(41-31)38-22-33(45)14-5-15-33/h2-4,6-8,13,18-21,27-28,45H,5,9-12,14-15,17,22H2,1H3,(H,37,44)(H2,36,38,40,41)/t27-,28-. The number of carbonyl (C=O) groups is 1. The van der Waals surface area contributed by atoms with E-state index in [1.165, 1.54) is 6.20 Å². The SMILES string of the molecule is Cn1cc(-c2ccc(N(C(=O)NCc3ccccc3)[C@H]3CC[C@H](Nc4ncc(C#N)c(NCC5(O)CCC5)n4)CC3)nc2)cn1. The van der Waals surface area contributed by atoms with Gasteiger partial charge in [0.2, 0.25) is 5.95 Å². The van der Waals surface area contributed by atoms with Gasteiger partial charge in [0.1, 0.15) is 23.3 Å². The molecular weight excluding hydrogens is 568 g/mol. The molecule has 232 valence electrons. The maximum Gasteiger partial charge on any atom is 0.323 e. The number of benzene rings is 1. The van der Waals surface area contributed by atoms with E-state index in [0.29, 0.717) is 36.2 Å². The number of nitrogens with zero attached hydrogens (tertiary/aromatic N) is 7. The first-order valence-corrected chi connectivity index (χ1v) is 15.5. The smallest absolute Gasteiger partial charge is 0.323 e. The molecule has 2 saturated carbocycles. The fourth-order valence-corrected chi connectivity index (χ4v) is 5.92. The summed E-state index contributed by atoms with van der Waals surface area (Å²) in [5.41, 5.74) is 2.52. The summed E-state index contributed by atoms with van der Waals surface area (Å²) in [4.78, 5) is 29.1. The number of nitriles is 1. The molecule has 0 unspecified atom stereocenters. The zero-order valence-electron chi connectivity index (χ0n) is 25.4. The van der Waals surface area contributed by atoms with Crippen LogP contribution in [-0.2, 0) is 13.6 Å². The molecule has 45 heavy (non-hydrogen) atoms. The lowest BCUT2D eigenvalue weighted by Gasteiger charge is -2.37. The highest BCUT2D eigenvalue weighted by atomic mass is 16.3. The first kappa shape index (κ1) is 30.0. The van der Waals surface area contributed by atoms with Gasteiger partial charge in [0.05, 0.1) is 18.0 Å². The topological polar surface area (TPSA) is 157 Å². The van der Waals surface area contributed by atoms with Crippen molar-refractivity contribution in [3.63, 3.8) is 0 Å². The number of rotatable bonds is 10. The molecular formula is C33H38N10O2. The Morgan fingerprint density at radius 3 is 2.51 bits per heavy atom. The molecule has 0 atom stereocenters. The Labute approximate surface area is 262 Å². The third kappa shape index (κ3) is 7.21. The molecule has 2 aliphatic rings. The number of aromatic nitrogens is 5. The molecule has 2 aliphatic carbocycles. The van der Waals surface area contributed by atoms with Crippen LogP contribution < -0.4 is 20.9 Å². The van der Waals surface area contributed by atoms with E-state index in [-0.39, 0.29) is 18.1 Å². The maximum atomic E-state index is 13.7. The predicted octanol–water partition coefficient (Wildman–Crippen LogP) is 4.61. The summed E-state index contributed by atoms with van der Waals surface area (Å²) < 4.78 is 1.75. The Bertz CT molecular complexity index is 1640. The minimum Gasteiger partial charge on any atom is -0.388 e. The van der Waals surface area contributed by atoms with E-state index in [2.05, 4.69) is 37.1 Å². The molecule has 3 aromatic heterocycles. The molecule has 2 fully saturated rings. The van der Waals surface area contributed by atoms with Crippen LogP contribution >= 0.6 is 0 Å². The largest absolute Gasteiger partial charge is 0.388 e. The fraction of sp³-hybridized carbons (Fsp3) is 0.394. The van der Waals surface area contributed by atoms with Gasteiger partial charge in [-0.1, -0.05) is 30.3 Å². The Morgan fingerprint density at radius 1 is 1.07 bits per heavy atom. The highest BCUT2D eigenvalue weighted by molar-refractivity contribution is 5.91. The molecule has 6 rings (SSSR count). The van der Waals surface area contributed by atoms with Crippen LogP contribution in [0.3, 0.4) is 0 Å². The van der Waals surface area contributed by atoms with Crippen LogP contribution in [-0.4, -0.2) is 60.1 Å². The summed E-state index contributed by atoms with van der Waals surface area (Å²) in [6.07, 6.45) is 12.6. The number of aliphatic hydroxyl groups is 1. The normalized spacial score (nSPS) is 18.7. The van der Waals surface area contributed by atoms with Crippen molar-refractivity contribution in [2.24, 2.45) is 7.05 Å². The van der Waals surface area contributed by atoms with E-state index in [1.54, 1.807) is 22.0 Å². The van der Waals surface area contributed by atoms with Crippen molar-refractivity contribution in [1.29, 1.82) is 5.26 Å². The monoisotopic (exact) mass is 606 g/mol. The first-order chi connectivity index (χ1) is 21.9. The number of aryl methyl sites for hydroxylation is 1. The molecule has 0 radical (unpaired) electrons. The van der Waals surface area contributed by atoms with Gasteiger partial charge in [-0.05, 0) is 62.6 Å². The summed E-state index contributed by atoms with van der Waals surface area (Å²) in [5, 5.41) is 33.9. The molecule has 1 aromatic carbocycles. The molecule has 0 aliphatic heterocycles. The minimum atomic E-state index is -0.739. The minimum absolute atomic E-state index is 0.0436. The van der Waals surface area contributed by atoms with Gasteiger partial charge in [0.15, 0.2) is 0 Å². The molecule has 0 spiro atoms. The molecule has 4 N–H and O–H groups in total. The van der Waals surface area contributed by atoms with E-state index < -0.39 is 5.60 Å². The second-order valence-corrected chi connectivity index (χ2v) is 12.0. The Kier molecular flexibility index (Phi) is 8.89. The number of pyridine rings is 1. The van der Waals surface area contributed by atoms with E-state index in [1.807, 2.05) is 55.7 Å². The van der Waals surface area contributed by atoms with Crippen LogP contribution in [0.1, 0.15) is 56.1 Å². The van der Waals surface area contributed by atoms with Gasteiger partial charge in [-0.15, -0.1) is 0 Å². The van der Waals surface area contributed by atoms with Crippen LogP contribution in [0.4, 0.5) is 22.4 Å². The van der Waals surface area contributed by atoms with Gasteiger partial charge in [-0.2, -0.15) is 15.3 Å². The molecule has 0 bridgehead atoms. The predicted molar refractivity (Wildman–Crippen MR) is 171 cm³/mol. The van der Waals surface area contributed by atoms with E-state index >= 15 is 0 Å². The van der Waals surface area contributed by atoms with Gasteiger partial charge in [0, 0.05) is 55.7 Å². The van der Waals surface area contributed by atoms with Crippen molar-refractivity contribution in [3.05, 3.63) is 78.4 Å². The zero-order chi connectivity index (χ0) is 31.2. The molecule has 4 aromatic rings. The molecule has 0 saturated heterocycles. The molecule has 12 nitrogen and oxygen atoms in total. The maximum absolute atomic E-state index is 13.7. The van der Waals surface area contributed by atoms with Gasteiger partial charge >= 0.3 is 6.03 Å². The average Bonchev–Trinajstić information content (AvgIpc) is 3.50. The van der Waals surface area contributed by atoms with Crippen molar-refractivity contribution in [2.45, 2.75) is 69.2 Å². The number of hydrogen-bond donors (Lipinski definition) is 4. The van der Waals surface area contributed by atoms with Gasteiger partial charge in [0.25, 0.3) is 0 Å². The van der Waals surface area contributed by atoms with Gasteiger partial charge in [-0.25, -0.2) is 14.8 Å². The third-order valence-corrected chi connectivity index (χ3v) is 8.71. The van der Waals surface area contributed by atoms with Crippen LogP contribution in [0.25, 0.3) is 11.1 Å². The summed E-state index contributed by atoms with van der Waals surface area (Å²) in [6, 6.07) is 15.7. The second kappa shape index (κ2) is 13.3. The number of nitrogens with one attached hydrogen (secondary N) is 3. The Morgan fingerprint density at radius 2 is 1.87 bits per heavy atom. The molecule has 12 heteroatoms. The lowest BCUT2D eigenvalue weighted by molar-refractivity contribution is -0.0202. The van der Waals surface area contributed by atoms with Crippen molar-refractivity contribution >= 4 is 23.6 Å². The number of hydrogen-bond acceptors (Lipinski definition) is 9. The Hall–Kier alpha value is -5.02. The van der Waals surface area contributed by atoms with Crippen molar-refractivity contribution in [3.8, 4) is 17.2 Å². The quantitative estimate of drug-likeness (QED) is 0.202. The summed E-state index contributed by atoms with van der Waals surface area (Å²) >= 11 is 0. The Balaban J connectivity index is 1.13.